The van der Waals surface area contributed by atoms with Crippen LogP contribution in [0.2, 0.25) is 0 Å². The van der Waals surface area contributed by atoms with Crippen LogP contribution in [0.5, 0.6) is 0 Å². The molecule has 1 aromatic heterocycles. The van der Waals surface area contributed by atoms with Crippen LogP contribution in [-0.4, -0.2) is 9.78 Å². The highest BCUT2D eigenvalue weighted by molar-refractivity contribution is 9.10. The van der Waals surface area contributed by atoms with Gasteiger partial charge in [-0.15, -0.1) is 0 Å². The fourth-order valence-corrected chi connectivity index (χ4v) is 3.47. The fraction of sp³-hybridized carbons (Fsp3) is 0.0455. The van der Waals surface area contributed by atoms with Gasteiger partial charge in [0.15, 0.2) is 0 Å². The van der Waals surface area contributed by atoms with Crippen LogP contribution in [0, 0.1) is 5.82 Å². The van der Waals surface area contributed by atoms with Gasteiger partial charge in [0, 0.05) is 20.1 Å². The van der Waals surface area contributed by atoms with E-state index in [0.29, 0.717) is 12.1 Å². The lowest BCUT2D eigenvalue weighted by molar-refractivity contribution is 0.587. The van der Waals surface area contributed by atoms with Crippen LogP contribution in [0.4, 0.5) is 4.39 Å². The normalized spacial score (nSPS) is 10.9. The van der Waals surface area contributed by atoms with Gasteiger partial charge in [-0.05, 0) is 42.0 Å². The minimum Gasteiger partial charge on any atom is -0.260 e. The summed E-state index contributed by atoms with van der Waals surface area (Å²) >= 11 is 6.93. The predicted octanol–water partition coefficient (Wildman–Crippen LogP) is 6.93. The zero-order valence-corrected chi connectivity index (χ0v) is 17.4. The van der Waals surface area contributed by atoms with E-state index in [9.17, 15) is 4.39 Å². The standard InChI is InChI=1S/C22H15Br2FN2/c23-18-9-5-15(6-10-18)21-13-22(16-7-11-19(24)12-8-16)27(26-21)14-17-3-1-2-4-20(17)25/h1-13H,14H2. The Morgan fingerprint density at radius 3 is 2.00 bits per heavy atom. The van der Waals surface area contributed by atoms with Gasteiger partial charge in [-0.25, -0.2) is 4.39 Å². The average Bonchev–Trinajstić information content (AvgIpc) is 3.09. The lowest BCUT2D eigenvalue weighted by Crippen LogP contribution is -2.05. The summed E-state index contributed by atoms with van der Waals surface area (Å²) in [7, 11) is 0. The minimum absolute atomic E-state index is 0.222. The molecule has 0 amide bonds. The van der Waals surface area contributed by atoms with Crippen LogP contribution < -0.4 is 0 Å². The Bertz CT molecular complexity index is 1070. The van der Waals surface area contributed by atoms with Crippen molar-refractivity contribution in [2.24, 2.45) is 0 Å². The summed E-state index contributed by atoms with van der Waals surface area (Å²) in [5.74, 6) is -0.222. The first-order valence-electron chi connectivity index (χ1n) is 8.43. The van der Waals surface area contributed by atoms with E-state index in [2.05, 4.69) is 31.9 Å². The Kier molecular flexibility index (Phi) is 5.23. The van der Waals surface area contributed by atoms with Gasteiger partial charge in [0.25, 0.3) is 0 Å². The molecule has 0 aliphatic rings. The zero-order chi connectivity index (χ0) is 18.8. The summed E-state index contributed by atoms with van der Waals surface area (Å²) < 4.78 is 18.1. The van der Waals surface area contributed by atoms with E-state index in [1.54, 1.807) is 12.1 Å². The molecule has 0 aliphatic carbocycles. The predicted molar refractivity (Wildman–Crippen MR) is 114 cm³/mol. The Balaban J connectivity index is 1.80. The highest BCUT2D eigenvalue weighted by Gasteiger charge is 2.13. The number of rotatable bonds is 4. The molecule has 0 saturated carbocycles. The lowest BCUT2D eigenvalue weighted by Gasteiger charge is -2.09. The van der Waals surface area contributed by atoms with Crippen molar-refractivity contribution in [3.05, 3.63) is 99.2 Å². The maximum Gasteiger partial charge on any atom is 0.128 e. The molecule has 2 nitrogen and oxygen atoms in total. The van der Waals surface area contributed by atoms with E-state index >= 15 is 0 Å². The minimum atomic E-state index is -0.222. The molecule has 0 radical (unpaired) electrons. The zero-order valence-electron chi connectivity index (χ0n) is 14.2. The number of hydrogen-bond acceptors (Lipinski definition) is 1. The van der Waals surface area contributed by atoms with Gasteiger partial charge in [-0.1, -0.05) is 74.3 Å². The largest absolute Gasteiger partial charge is 0.260 e. The molecule has 0 spiro atoms. The smallest absolute Gasteiger partial charge is 0.128 e. The first-order chi connectivity index (χ1) is 13.1. The Morgan fingerprint density at radius 2 is 1.37 bits per heavy atom. The molecule has 134 valence electrons. The summed E-state index contributed by atoms with van der Waals surface area (Å²) in [6.07, 6.45) is 0. The van der Waals surface area contributed by atoms with E-state index in [0.717, 1.165) is 31.5 Å². The van der Waals surface area contributed by atoms with E-state index < -0.39 is 0 Å². The van der Waals surface area contributed by atoms with Crippen LogP contribution >= 0.6 is 31.9 Å². The number of nitrogens with zero attached hydrogens (tertiary/aromatic N) is 2. The monoisotopic (exact) mass is 484 g/mol. The average molecular weight is 486 g/mol. The molecule has 0 atom stereocenters. The van der Waals surface area contributed by atoms with Crippen molar-refractivity contribution in [3.8, 4) is 22.5 Å². The second-order valence-electron chi connectivity index (χ2n) is 6.18. The molecule has 4 rings (SSSR count). The molecule has 0 saturated heterocycles. The first-order valence-corrected chi connectivity index (χ1v) is 10.0. The van der Waals surface area contributed by atoms with Gasteiger partial charge >= 0.3 is 0 Å². The maximum absolute atomic E-state index is 14.2. The highest BCUT2D eigenvalue weighted by atomic mass is 79.9. The van der Waals surface area contributed by atoms with Crippen molar-refractivity contribution in [2.45, 2.75) is 6.54 Å². The Morgan fingerprint density at radius 1 is 0.778 bits per heavy atom. The van der Waals surface area contributed by atoms with E-state index in [1.165, 1.54) is 6.07 Å². The van der Waals surface area contributed by atoms with Crippen LogP contribution in [0.25, 0.3) is 22.5 Å². The van der Waals surface area contributed by atoms with Gasteiger partial charge in [-0.3, -0.25) is 4.68 Å². The summed E-state index contributed by atoms with van der Waals surface area (Å²) in [4.78, 5) is 0. The molecule has 4 aromatic rings. The van der Waals surface area contributed by atoms with Crippen LogP contribution in [-0.2, 0) is 6.54 Å². The molecular formula is C22H15Br2FN2. The molecular weight excluding hydrogens is 471 g/mol. The molecule has 1 heterocycles. The fourth-order valence-electron chi connectivity index (χ4n) is 2.94. The summed E-state index contributed by atoms with van der Waals surface area (Å²) in [6, 6.07) is 24.9. The second kappa shape index (κ2) is 7.79. The second-order valence-corrected chi connectivity index (χ2v) is 8.01. The summed E-state index contributed by atoms with van der Waals surface area (Å²) in [5.41, 5.74) is 4.47. The van der Waals surface area contributed by atoms with Crippen LogP contribution in [0.3, 0.4) is 0 Å². The number of hydrogen-bond donors (Lipinski definition) is 0. The molecule has 0 N–H and O–H groups in total. The van der Waals surface area contributed by atoms with Gasteiger partial charge in [0.2, 0.25) is 0 Å². The Labute approximate surface area is 173 Å². The van der Waals surface area contributed by atoms with Crippen molar-refractivity contribution in [3.63, 3.8) is 0 Å². The molecule has 5 heteroatoms. The third-order valence-corrected chi connectivity index (χ3v) is 5.40. The molecule has 27 heavy (non-hydrogen) atoms. The molecule has 0 unspecified atom stereocenters. The van der Waals surface area contributed by atoms with Gasteiger partial charge in [-0.2, -0.15) is 5.10 Å². The number of benzene rings is 3. The number of aromatic nitrogens is 2. The van der Waals surface area contributed by atoms with Crippen molar-refractivity contribution in [1.82, 2.24) is 9.78 Å². The molecule has 3 aromatic carbocycles. The van der Waals surface area contributed by atoms with Gasteiger partial charge in [0.1, 0.15) is 5.82 Å². The number of halogens is 3. The first kappa shape index (κ1) is 18.1. The maximum atomic E-state index is 14.2. The lowest BCUT2D eigenvalue weighted by atomic mass is 10.1. The van der Waals surface area contributed by atoms with Gasteiger partial charge < -0.3 is 0 Å². The van der Waals surface area contributed by atoms with E-state index in [1.807, 2.05) is 65.3 Å². The SMILES string of the molecule is Fc1ccccc1Cn1nc(-c2ccc(Br)cc2)cc1-c1ccc(Br)cc1. The van der Waals surface area contributed by atoms with E-state index in [-0.39, 0.29) is 5.82 Å². The summed E-state index contributed by atoms with van der Waals surface area (Å²) in [5, 5.41) is 4.77. The van der Waals surface area contributed by atoms with Crippen LogP contribution in [0.1, 0.15) is 5.56 Å². The third-order valence-electron chi connectivity index (χ3n) is 4.34. The van der Waals surface area contributed by atoms with Crippen LogP contribution in [0.15, 0.2) is 87.8 Å². The molecule has 0 bridgehead atoms. The van der Waals surface area contributed by atoms with Crippen molar-refractivity contribution in [2.75, 3.05) is 0 Å². The molecule has 0 fully saturated rings. The van der Waals surface area contributed by atoms with Crippen molar-refractivity contribution in [1.29, 1.82) is 0 Å². The third kappa shape index (κ3) is 4.04. The topological polar surface area (TPSA) is 17.8 Å². The quantitative estimate of drug-likeness (QED) is 0.306. The highest BCUT2D eigenvalue weighted by Crippen LogP contribution is 2.29. The van der Waals surface area contributed by atoms with Crippen molar-refractivity contribution >= 4 is 31.9 Å². The van der Waals surface area contributed by atoms with Gasteiger partial charge in [0.05, 0.1) is 17.9 Å². The Hall–Kier alpha value is -2.24. The van der Waals surface area contributed by atoms with E-state index in [4.69, 9.17) is 5.10 Å². The molecule has 0 aliphatic heterocycles. The summed E-state index contributed by atoms with van der Waals surface area (Å²) in [6.45, 7) is 0.370. The van der Waals surface area contributed by atoms with Crippen molar-refractivity contribution < 1.29 is 4.39 Å².